The Morgan fingerprint density at radius 1 is 0.905 bits per heavy atom. The van der Waals surface area contributed by atoms with E-state index in [9.17, 15) is 18.0 Å². The SMILES string of the molecule is Cc1ccc(S(=O)(=O)N(CC(=O)N/N=C\c2ccc(OCC(=O)Nc3ccccc3)cc2)c2cc(Cl)ccc2C)cc1. The molecule has 42 heavy (non-hydrogen) atoms. The number of para-hydroxylation sites is 1. The van der Waals surface area contributed by atoms with Gasteiger partial charge in [-0.2, -0.15) is 5.10 Å². The summed E-state index contributed by atoms with van der Waals surface area (Å²) < 4.78 is 33.7. The third-order valence-corrected chi connectivity index (χ3v) is 8.06. The summed E-state index contributed by atoms with van der Waals surface area (Å²) in [4.78, 5) is 25.0. The first kappa shape index (κ1) is 30.3. The smallest absolute Gasteiger partial charge is 0.264 e. The zero-order valence-electron chi connectivity index (χ0n) is 23.0. The highest BCUT2D eigenvalue weighted by Gasteiger charge is 2.28. The van der Waals surface area contributed by atoms with Gasteiger partial charge in [0, 0.05) is 10.7 Å². The number of aryl methyl sites for hydroxylation is 2. The fourth-order valence-electron chi connectivity index (χ4n) is 3.85. The highest BCUT2D eigenvalue weighted by Crippen LogP contribution is 2.29. The standard InChI is InChI=1S/C31H29ClN4O5S/c1-22-8-16-28(17-9-22)42(39,40)36(29-18-25(32)13-10-23(29)2)20-30(37)35-33-19-24-11-14-27(15-12-24)41-21-31(38)34-26-6-4-3-5-7-26/h3-19H,20-21H2,1-2H3,(H,34,38)(H,35,37)/b33-19-. The van der Waals surface area contributed by atoms with Crippen LogP contribution >= 0.6 is 11.6 Å². The van der Waals surface area contributed by atoms with E-state index in [1.807, 2.05) is 25.1 Å². The molecule has 0 radical (unpaired) electrons. The number of ether oxygens (including phenoxy) is 1. The number of benzene rings is 4. The molecule has 11 heteroatoms. The minimum atomic E-state index is -4.10. The lowest BCUT2D eigenvalue weighted by atomic mass is 10.2. The fourth-order valence-corrected chi connectivity index (χ4v) is 5.49. The summed E-state index contributed by atoms with van der Waals surface area (Å²) in [7, 11) is -4.10. The van der Waals surface area contributed by atoms with Gasteiger partial charge in [-0.1, -0.05) is 53.6 Å². The van der Waals surface area contributed by atoms with Gasteiger partial charge < -0.3 is 10.1 Å². The van der Waals surface area contributed by atoms with Crippen molar-refractivity contribution in [3.8, 4) is 5.75 Å². The topological polar surface area (TPSA) is 117 Å². The minimum Gasteiger partial charge on any atom is -0.484 e. The number of nitrogens with zero attached hydrogens (tertiary/aromatic N) is 2. The van der Waals surface area contributed by atoms with Crippen molar-refractivity contribution in [1.29, 1.82) is 0 Å². The van der Waals surface area contributed by atoms with E-state index in [0.29, 0.717) is 27.6 Å². The van der Waals surface area contributed by atoms with Gasteiger partial charge in [-0.05, 0) is 85.6 Å². The van der Waals surface area contributed by atoms with Crippen molar-refractivity contribution >= 4 is 51.0 Å². The molecule has 0 aromatic heterocycles. The molecule has 4 aromatic carbocycles. The Morgan fingerprint density at radius 2 is 1.60 bits per heavy atom. The average molecular weight is 605 g/mol. The van der Waals surface area contributed by atoms with Crippen molar-refractivity contribution in [1.82, 2.24) is 5.43 Å². The van der Waals surface area contributed by atoms with Crippen LogP contribution in [0.5, 0.6) is 5.75 Å². The van der Waals surface area contributed by atoms with E-state index in [4.69, 9.17) is 16.3 Å². The van der Waals surface area contributed by atoms with Crippen LogP contribution in [0.1, 0.15) is 16.7 Å². The van der Waals surface area contributed by atoms with Gasteiger partial charge in [0.05, 0.1) is 16.8 Å². The zero-order chi connectivity index (χ0) is 30.1. The second-order valence-corrected chi connectivity index (χ2v) is 11.6. The number of sulfonamides is 1. The van der Waals surface area contributed by atoms with E-state index in [1.165, 1.54) is 24.4 Å². The van der Waals surface area contributed by atoms with E-state index in [2.05, 4.69) is 15.8 Å². The highest BCUT2D eigenvalue weighted by atomic mass is 35.5. The van der Waals surface area contributed by atoms with Gasteiger partial charge >= 0.3 is 0 Å². The van der Waals surface area contributed by atoms with Crippen LogP contribution in [-0.4, -0.2) is 39.6 Å². The molecule has 2 amide bonds. The molecule has 0 aliphatic carbocycles. The van der Waals surface area contributed by atoms with E-state index < -0.39 is 22.5 Å². The maximum absolute atomic E-state index is 13.6. The summed E-state index contributed by atoms with van der Waals surface area (Å²) in [6.45, 7) is 2.91. The Bertz CT molecular complexity index is 1680. The first-order chi connectivity index (χ1) is 20.1. The molecule has 4 rings (SSSR count). The quantitative estimate of drug-likeness (QED) is 0.177. The fraction of sp³-hybridized carbons (Fsp3) is 0.129. The lowest BCUT2D eigenvalue weighted by molar-refractivity contribution is -0.119. The molecule has 0 atom stereocenters. The number of amides is 2. The predicted molar refractivity (Wildman–Crippen MR) is 165 cm³/mol. The largest absolute Gasteiger partial charge is 0.484 e. The number of carbonyl (C=O) groups is 2. The lowest BCUT2D eigenvalue weighted by Crippen LogP contribution is -2.40. The number of rotatable bonds is 11. The van der Waals surface area contributed by atoms with Gasteiger partial charge in [-0.15, -0.1) is 0 Å². The Balaban J connectivity index is 1.38. The van der Waals surface area contributed by atoms with Gasteiger partial charge in [0.15, 0.2) is 6.61 Å². The molecule has 9 nitrogen and oxygen atoms in total. The van der Waals surface area contributed by atoms with Crippen LogP contribution in [0.25, 0.3) is 0 Å². The first-order valence-corrected chi connectivity index (χ1v) is 14.7. The van der Waals surface area contributed by atoms with Gasteiger partial charge in [0.2, 0.25) is 0 Å². The molecular weight excluding hydrogens is 576 g/mol. The molecule has 0 aliphatic heterocycles. The number of carbonyl (C=O) groups excluding carboxylic acids is 2. The molecule has 0 spiro atoms. The summed E-state index contributed by atoms with van der Waals surface area (Å²) in [6.07, 6.45) is 1.41. The normalized spacial score (nSPS) is 11.2. The van der Waals surface area contributed by atoms with Crippen molar-refractivity contribution in [2.24, 2.45) is 5.10 Å². The van der Waals surface area contributed by atoms with Crippen LogP contribution in [0, 0.1) is 13.8 Å². The molecule has 2 N–H and O–H groups in total. The Hall–Kier alpha value is -4.67. The second kappa shape index (κ2) is 13.8. The monoisotopic (exact) mass is 604 g/mol. The molecule has 0 bridgehead atoms. The van der Waals surface area contributed by atoms with Crippen LogP contribution in [0.4, 0.5) is 11.4 Å². The van der Waals surface area contributed by atoms with Gasteiger partial charge in [0.1, 0.15) is 12.3 Å². The van der Waals surface area contributed by atoms with Crippen LogP contribution in [0.15, 0.2) is 107 Å². The second-order valence-electron chi connectivity index (χ2n) is 9.32. The maximum atomic E-state index is 13.6. The van der Waals surface area contributed by atoms with Crippen LogP contribution in [0.2, 0.25) is 5.02 Å². The van der Waals surface area contributed by atoms with Crippen molar-refractivity contribution < 1.29 is 22.7 Å². The van der Waals surface area contributed by atoms with E-state index in [1.54, 1.807) is 67.6 Å². The van der Waals surface area contributed by atoms with E-state index in [0.717, 1.165) is 9.87 Å². The average Bonchev–Trinajstić information content (AvgIpc) is 2.97. The summed E-state index contributed by atoms with van der Waals surface area (Å²) >= 11 is 6.17. The van der Waals surface area contributed by atoms with E-state index >= 15 is 0 Å². The van der Waals surface area contributed by atoms with E-state index in [-0.39, 0.29) is 23.1 Å². The molecule has 0 fully saturated rings. The highest BCUT2D eigenvalue weighted by molar-refractivity contribution is 7.92. The van der Waals surface area contributed by atoms with Crippen LogP contribution in [-0.2, 0) is 19.6 Å². The Morgan fingerprint density at radius 3 is 2.29 bits per heavy atom. The zero-order valence-corrected chi connectivity index (χ0v) is 24.5. The van der Waals surface area contributed by atoms with Crippen molar-refractivity contribution in [2.45, 2.75) is 18.7 Å². The number of nitrogens with one attached hydrogen (secondary N) is 2. The summed E-state index contributed by atoms with van der Waals surface area (Å²) in [6, 6.07) is 27.0. The van der Waals surface area contributed by atoms with Gasteiger partial charge in [-0.25, -0.2) is 13.8 Å². The van der Waals surface area contributed by atoms with Crippen LogP contribution < -0.4 is 19.8 Å². The molecular formula is C31H29ClN4O5S. The third kappa shape index (κ3) is 8.18. The van der Waals surface area contributed by atoms with Gasteiger partial charge in [-0.3, -0.25) is 13.9 Å². The number of hydrogen-bond donors (Lipinski definition) is 2. The predicted octanol–water partition coefficient (Wildman–Crippen LogP) is 5.32. The number of hydrazone groups is 1. The minimum absolute atomic E-state index is 0.0450. The van der Waals surface area contributed by atoms with Crippen LogP contribution in [0.3, 0.4) is 0 Å². The maximum Gasteiger partial charge on any atom is 0.264 e. The number of anilines is 2. The number of halogens is 1. The number of hydrogen-bond acceptors (Lipinski definition) is 6. The molecule has 0 saturated carbocycles. The molecule has 0 saturated heterocycles. The summed E-state index contributed by atoms with van der Waals surface area (Å²) in [5, 5.41) is 7.04. The first-order valence-electron chi connectivity index (χ1n) is 12.9. The van der Waals surface area contributed by atoms with Crippen molar-refractivity contribution in [3.05, 3.63) is 119 Å². The summed E-state index contributed by atoms with van der Waals surface area (Å²) in [5.41, 5.74) is 5.53. The molecule has 216 valence electrons. The molecule has 4 aromatic rings. The third-order valence-electron chi connectivity index (χ3n) is 6.05. The van der Waals surface area contributed by atoms with Gasteiger partial charge in [0.25, 0.3) is 21.8 Å². The molecule has 0 unspecified atom stereocenters. The Kier molecular flexibility index (Phi) is 9.95. The van der Waals surface area contributed by atoms with Crippen molar-refractivity contribution in [2.75, 3.05) is 22.8 Å². The lowest BCUT2D eigenvalue weighted by Gasteiger charge is -2.25. The Labute approximate surface area is 249 Å². The van der Waals surface area contributed by atoms with Crippen molar-refractivity contribution in [3.63, 3.8) is 0 Å². The molecule has 0 heterocycles. The summed E-state index contributed by atoms with van der Waals surface area (Å²) in [5.74, 6) is -0.458. The molecule has 0 aliphatic rings.